The molecule has 0 spiro atoms. The maximum Gasteiger partial charge on any atom is 0.337 e. The first-order valence-corrected chi connectivity index (χ1v) is 11.6. The summed E-state index contributed by atoms with van der Waals surface area (Å²) < 4.78 is 10.9. The van der Waals surface area contributed by atoms with E-state index in [4.69, 9.17) is 26.3 Å². The van der Waals surface area contributed by atoms with Gasteiger partial charge in [-0.05, 0) is 50.1 Å². The molecule has 1 aliphatic rings. The highest BCUT2D eigenvalue weighted by molar-refractivity contribution is 6.30. The Hall–Kier alpha value is -3.82. The number of rotatable bonds is 8. The lowest BCUT2D eigenvalue weighted by atomic mass is 9.80. The van der Waals surface area contributed by atoms with Crippen LogP contribution in [0.3, 0.4) is 0 Å². The van der Waals surface area contributed by atoms with E-state index in [-0.39, 0.29) is 25.2 Å². The Kier molecular flexibility index (Phi) is 8.88. The van der Waals surface area contributed by atoms with E-state index in [1.807, 2.05) is 43.3 Å². The van der Waals surface area contributed by atoms with Crippen molar-refractivity contribution in [2.75, 3.05) is 13.2 Å². The summed E-state index contributed by atoms with van der Waals surface area (Å²) in [6, 6.07) is 16.9. The minimum Gasteiger partial charge on any atom is -0.461 e. The zero-order valence-corrected chi connectivity index (χ0v) is 20.7. The third-order valence-electron chi connectivity index (χ3n) is 5.53. The summed E-state index contributed by atoms with van der Waals surface area (Å²) >= 11 is 6.24. The van der Waals surface area contributed by atoms with Crippen LogP contribution in [0.25, 0.3) is 6.08 Å². The maximum atomic E-state index is 13.3. The van der Waals surface area contributed by atoms with Gasteiger partial charge in [-0.15, -0.1) is 0 Å². The molecule has 2 aromatic carbocycles. The molecule has 0 aliphatic carbocycles. The number of hydrogen-bond donors (Lipinski definition) is 1. The Bertz CT molecular complexity index is 1240. The van der Waals surface area contributed by atoms with Gasteiger partial charge in [-0.3, -0.25) is 0 Å². The van der Waals surface area contributed by atoms with E-state index in [0.717, 1.165) is 11.1 Å². The van der Waals surface area contributed by atoms with Gasteiger partial charge in [0.1, 0.15) is 13.2 Å². The maximum absolute atomic E-state index is 13.3. The summed E-state index contributed by atoms with van der Waals surface area (Å²) in [7, 11) is 0. The molecule has 0 amide bonds. The van der Waals surface area contributed by atoms with E-state index in [1.54, 1.807) is 44.2 Å². The largest absolute Gasteiger partial charge is 0.461 e. The second-order valence-corrected chi connectivity index (χ2v) is 8.58. The second kappa shape index (κ2) is 12.0. The summed E-state index contributed by atoms with van der Waals surface area (Å²) in [5, 5.41) is 12.4. The zero-order valence-electron chi connectivity index (χ0n) is 19.9. The Morgan fingerprint density at radius 2 is 1.69 bits per heavy atom. The highest BCUT2D eigenvalue weighted by Gasteiger charge is 2.38. The first-order valence-electron chi connectivity index (χ1n) is 11.2. The molecule has 3 rings (SSSR count). The molecule has 1 heterocycles. The van der Waals surface area contributed by atoms with E-state index < -0.39 is 17.9 Å². The lowest BCUT2D eigenvalue weighted by molar-refractivity contribution is -0.139. The molecule has 6 nitrogen and oxygen atoms in total. The summed E-state index contributed by atoms with van der Waals surface area (Å²) in [5.41, 5.74) is 4.54. The molecule has 0 saturated heterocycles. The number of nitriles is 1. The number of carbonyl (C=O) groups excluding carboxylic acids is 2. The molecule has 0 radical (unpaired) electrons. The van der Waals surface area contributed by atoms with E-state index >= 15 is 0 Å². The number of aryl methyl sites for hydroxylation is 1. The van der Waals surface area contributed by atoms with Crippen LogP contribution < -0.4 is 5.32 Å². The van der Waals surface area contributed by atoms with Gasteiger partial charge in [0.2, 0.25) is 0 Å². The van der Waals surface area contributed by atoms with Gasteiger partial charge < -0.3 is 14.8 Å². The summed E-state index contributed by atoms with van der Waals surface area (Å²) in [6.07, 6.45) is 3.72. The zero-order chi connectivity index (χ0) is 25.4. The van der Waals surface area contributed by atoms with E-state index in [0.29, 0.717) is 27.6 Å². The number of halogens is 1. The Morgan fingerprint density at radius 3 is 2.31 bits per heavy atom. The topological polar surface area (TPSA) is 88.4 Å². The molecular formula is C28H27ClN2O4. The van der Waals surface area contributed by atoms with Gasteiger partial charge in [0.15, 0.2) is 0 Å². The average molecular weight is 491 g/mol. The molecule has 180 valence electrons. The smallest absolute Gasteiger partial charge is 0.337 e. The van der Waals surface area contributed by atoms with Crippen LogP contribution in [-0.4, -0.2) is 25.2 Å². The molecule has 1 atom stereocenters. The predicted octanol–water partition coefficient (Wildman–Crippen LogP) is 5.60. The number of carbonyl (C=O) groups is 2. The van der Waals surface area contributed by atoms with Crippen LogP contribution >= 0.6 is 11.6 Å². The van der Waals surface area contributed by atoms with Crippen molar-refractivity contribution in [2.24, 2.45) is 0 Å². The highest BCUT2D eigenvalue weighted by atomic mass is 35.5. The lowest BCUT2D eigenvalue weighted by Gasteiger charge is -2.30. The quantitative estimate of drug-likeness (QED) is 0.383. The Labute approximate surface area is 210 Å². The SMILES string of the molecule is CC1=C(C(=O)OCC=Cc2ccc(C)cc2)C(c2cccc(Cl)c2)C(C(=O)OCCC#N)=C(C)N1. The van der Waals surface area contributed by atoms with Crippen LogP contribution in [0.2, 0.25) is 5.02 Å². The van der Waals surface area contributed by atoms with Crippen molar-refractivity contribution in [3.8, 4) is 6.07 Å². The molecule has 0 fully saturated rings. The minimum atomic E-state index is -0.738. The van der Waals surface area contributed by atoms with Gasteiger partial charge in [0.25, 0.3) is 0 Å². The first-order chi connectivity index (χ1) is 16.8. The third kappa shape index (κ3) is 6.62. The van der Waals surface area contributed by atoms with Gasteiger partial charge in [-0.25, -0.2) is 9.59 Å². The second-order valence-electron chi connectivity index (χ2n) is 8.15. The van der Waals surface area contributed by atoms with Crippen molar-refractivity contribution in [3.63, 3.8) is 0 Å². The van der Waals surface area contributed by atoms with Crippen LogP contribution in [0, 0.1) is 18.3 Å². The molecule has 7 heteroatoms. The number of nitrogens with one attached hydrogen (secondary N) is 1. The molecule has 1 N–H and O–H groups in total. The number of dihydropyridines is 1. The Morgan fingerprint density at radius 1 is 1.03 bits per heavy atom. The molecule has 1 unspecified atom stereocenters. The number of esters is 2. The summed E-state index contributed by atoms with van der Waals surface area (Å²) in [5.74, 6) is -1.89. The fourth-order valence-electron chi connectivity index (χ4n) is 3.89. The normalized spacial score (nSPS) is 15.6. The highest BCUT2D eigenvalue weighted by Crippen LogP contribution is 2.39. The van der Waals surface area contributed by atoms with Gasteiger partial charge in [0, 0.05) is 16.4 Å². The van der Waals surface area contributed by atoms with Crippen LogP contribution in [0.1, 0.15) is 42.9 Å². The van der Waals surface area contributed by atoms with Crippen molar-refractivity contribution in [3.05, 3.63) is 98.9 Å². The first kappa shape index (κ1) is 25.8. The lowest BCUT2D eigenvalue weighted by Crippen LogP contribution is -2.32. The van der Waals surface area contributed by atoms with Gasteiger partial charge in [0.05, 0.1) is 29.6 Å². The summed E-state index contributed by atoms with van der Waals surface area (Å²) in [4.78, 5) is 26.3. The molecule has 2 aromatic rings. The number of nitrogens with zero attached hydrogens (tertiary/aromatic N) is 1. The van der Waals surface area contributed by atoms with Crippen LogP contribution in [0.5, 0.6) is 0 Å². The van der Waals surface area contributed by atoms with Crippen molar-refractivity contribution in [1.82, 2.24) is 5.32 Å². The fraction of sp³-hybridized carbons (Fsp3) is 0.250. The third-order valence-corrected chi connectivity index (χ3v) is 5.76. The number of ether oxygens (including phenoxy) is 2. The molecule has 1 aliphatic heterocycles. The van der Waals surface area contributed by atoms with Gasteiger partial charge in [-0.1, -0.05) is 59.6 Å². The molecule has 0 aromatic heterocycles. The monoisotopic (exact) mass is 490 g/mol. The predicted molar refractivity (Wildman–Crippen MR) is 135 cm³/mol. The molecule has 35 heavy (non-hydrogen) atoms. The number of benzene rings is 2. The summed E-state index contributed by atoms with van der Waals surface area (Å²) in [6.45, 7) is 5.55. The van der Waals surface area contributed by atoms with E-state index in [1.165, 1.54) is 0 Å². The molecular weight excluding hydrogens is 464 g/mol. The molecule has 0 bridgehead atoms. The van der Waals surface area contributed by atoms with Crippen molar-refractivity contribution in [2.45, 2.75) is 33.1 Å². The van der Waals surface area contributed by atoms with Crippen LogP contribution in [0.4, 0.5) is 0 Å². The number of hydrogen-bond acceptors (Lipinski definition) is 6. The van der Waals surface area contributed by atoms with Crippen molar-refractivity contribution in [1.29, 1.82) is 5.26 Å². The van der Waals surface area contributed by atoms with Crippen molar-refractivity contribution < 1.29 is 19.1 Å². The fourth-order valence-corrected chi connectivity index (χ4v) is 4.08. The van der Waals surface area contributed by atoms with E-state index in [9.17, 15) is 9.59 Å². The van der Waals surface area contributed by atoms with Gasteiger partial charge >= 0.3 is 11.9 Å². The van der Waals surface area contributed by atoms with E-state index in [2.05, 4.69) is 5.32 Å². The Balaban J connectivity index is 1.87. The van der Waals surface area contributed by atoms with Gasteiger partial charge in [-0.2, -0.15) is 5.26 Å². The van der Waals surface area contributed by atoms with Crippen LogP contribution in [0.15, 0.2) is 77.1 Å². The van der Waals surface area contributed by atoms with Crippen molar-refractivity contribution >= 4 is 29.6 Å². The average Bonchev–Trinajstić information content (AvgIpc) is 2.82. The molecule has 0 saturated carbocycles. The standard InChI is InChI=1S/C28H27ClN2O4/c1-18-10-12-21(13-11-18)7-5-15-34-27(32)24-19(2)31-20(3)25(28(33)35-16-6-14-30)26(24)22-8-4-9-23(29)17-22/h4-5,7-13,17,26,31H,6,15-16H2,1-3H3. The van der Waals surface area contributed by atoms with Crippen LogP contribution in [-0.2, 0) is 19.1 Å². The number of allylic oxidation sites excluding steroid dienone is 2. The minimum absolute atomic E-state index is 0.0410.